The molecule has 0 spiro atoms. The van der Waals surface area contributed by atoms with Crippen molar-refractivity contribution in [1.29, 1.82) is 0 Å². The van der Waals surface area contributed by atoms with Gasteiger partial charge in [0.1, 0.15) is 5.75 Å². The largest absolute Gasteiger partial charge is 0.482 e. The summed E-state index contributed by atoms with van der Waals surface area (Å²) in [5, 5.41) is 10.8. The Hall–Kier alpha value is -2.86. The average molecular weight is 373 g/mol. The summed E-state index contributed by atoms with van der Waals surface area (Å²) in [4.78, 5) is 24.2. The summed E-state index contributed by atoms with van der Waals surface area (Å²) in [7, 11) is 0. The lowest BCUT2D eigenvalue weighted by Crippen LogP contribution is -2.37. The number of carbonyl (C=O) groups is 1. The second-order valence-electron chi connectivity index (χ2n) is 5.85. The van der Waals surface area contributed by atoms with Crippen molar-refractivity contribution in [2.75, 3.05) is 19.7 Å². The summed E-state index contributed by atoms with van der Waals surface area (Å²) in [6.07, 6.45) is 2.84. The summed E-state index contributed by atoms with van der Waals surface area (Å²) in [6.45, 7) is 0.989. The second-order valence-corrected chi connectivity index (χ2v) is 6.25. The minimum atomic E-state index is -0.537. The first-order chi connectivity index (χ1) is 12.5. The second kappa shape index (κ2) is 8.01. The number of non-ortho nitro benzene ring substituents is 1. The maximum atomic E-state index is 12.3. The van der Waals surface area contributed by atoms with Gasteiger partial charge in [-0.2, -0.15) is 0 Å². The number of hydrogen-bond donors (Lipinski definition) is 0. The summed E-state index contributed by atoms with van der Waals surface area (Å²) in [5.74, 6) is 0.103. The molecule has 0 fully saturated rings. The van der Waals surface area contributed by atoms with Gasteiger partial charge in [0, 0.05) is 25.2 Å². The minimum Gasteiger partial charge on any atom is -0.482 e. The van der Waals surface area contributed by atoms with Crippen molar-refractivity contribution in [3.63, 3.8) is 0 Å². The molecule has 6 nitrogen and oxygen atoms in total. The predicted octanol–water partition coefficient (Wildman–Crippen LogP) is 3.94. The normalized spacial score (nSPS) is 13.9. The lowest BCUT2D eigenvalue weighted by molar-refractivity contribution is -0.384. The van der Waals surface area contributed by atoms with Crippen LogP contribution in [0.3, 0.4) is 0 Å². The number of nitro groups is 1. The Balaban J connectivity index is 1.56. The molecule has 0 radical (unpaired) electrons. The smallest absolute Gasteiger partial charge is 0.271 e. The number of ether oxygens (including phenoxy) is 1. The van der Waals surface area contributed by atoms with E-state index >= 15 is 0 Å². The summed E-state index contributed by atoms with van der Waals surface area (Å²) < 4.78 is 5.43. The molecule has 0 bridgehead atoms. The first-order valence-electron chi connectivity index (χ1n) is 8.13. The molecule has 134 valence electrons. The highest BCUT2D eigenvalue weighted by Gasteiger charge is 2.19. The van der Waals surface area contributed by atoms with Gasteiger partial charge in [0.05, 0.1) is 9.95 Å². The van der Waals surface area contributed by atoms with Crippen LogP contribution in [-0.4, -0.2) is 35.4 Å². The monoisotopic (exact) mass is 372 g/mol. The molecule has 0 aromatic heterocycles. The van der Waals surface area contributed by atoms with Crippen LogP contribution < -0.4 is 4.74 Å². The van der Waals surface area contributed by atoms with E-state index < -0.39 is 4.92 Å². The van der Waals surface area contributed by atoms with Crippen molar-refractivity contribution in [2.24, 2.45) is 0 Å². The minimum absolute atomic E-state index is 0.108. The van der Waals surface area contributed by atoms with E-state index in [1.165, 1.54) is 29.3 Å². The van der Waals surface area contributed by atoms with Crippen LogP contribution in [0.1, 0.15) is 12.0 Å². The molecule has 7 heteroatoms. The van der Waals surface area contributed by atoms with E-state index in [1.807, 2.05) is 18.2 Å². The van der Waals surface area contributed by atoms with Crippen molar-refractivity contribution in [3.05, 3.63) is 75.3 Å². The highest BCUT2D eigenvalue weighted by Crippen LogP contribution is 2.29. The zero-order chi connectivity index (χ0) is 18.5. The van der Waals surface area contributed by atoms with Gasteiger partial charge in [-0.25, -0.2) is 0 Å². The average Bonchev–Trinajstić information content (AvgIpc) is 2.67. The number of benzene rings is 2. The molecule has 1 aliphatic heterocycles. The molecule has 0 aliphatic carbocycles. The first kappa shape index (κ1) is 17.9. The van der Waals surface area contributed by atoms with Crippen molar-refractivity contribution in [3.8, 4) is 5.75 Å². The predicted molar refractivity (Wildman–Crippen MR) is 99.2 cm³/mol. The van der Waals surface area contributed by atoms with E-state index in [1.54, 1.807) is 4.90 Å². The van der Waals surface area contributed by atoms with E-state index in [-0.39, 0.29) is 29.0 Å². The van der Waals surface area contributed by atoms with Gasteiger partial charge in [-0.1, -0.05) is 48.0 Å². The van der Waals surface area contributed by atoms with Crippen molar-refractivity contribution < 1.29 is 14.5 Å². The Morgan fingerprint density at radius 2 is 2.00 bits per heavy atom. The fourth-order valence-electron chi connectivity index (χ4n) is 2.76. The standard InChI is InChI=1S/C19H17ClN2O4/c20-17-12-16(22(24)25)6-7-18(17)26-13-19(23)21-10-8-15(9-11-21)14-4-2-1-3-5-14/h1-8,12H,9-11,13H2. The molecule has 1 amide bonds. The zero-order valence-corrected chi connectivity index (χ0v) is 14.7. The number of halogens is 1. The number of amides is 1. The maximum Gasteiger partial charge on any atom is 0.271 e. The third-order valence-corrected chi connectivity index (χ3v) is 4.48. The van der Waals surface area contributed by atoms with Crippen LogP contribution in [-0.2, 0) is 4.79 Å². The van der Waals surface area contributed by atoms with Gasteiger partial charge in [-0.3, -0.25) is 14.9 Å². The fraction of sp³-hybridized carbons (Fsp3) is 0.211. The quantitative estimate of drug-likeness (QED) is 0.588. The van der Waals surface area contributed by atoms with Crippen molar-refractivity contribution in [1.82, 2.24) is 4.90 Å². The van der Waals surface area contributed by atoms with Crippen LogP contribution in [0.15, 0.2) is 54.6 Å². The lowest BCUT2D eigenvalue weighted by Gasteiger charge is -2.26. The highest BCUT2D eigenvalue weighted by atomic mass is 35.5. The molecule has 0 N–H and O–H groups in total. The SMILES string of the molecule is O=C(COc1ccc([N+](=O)[O-])cc1Cl)N1CC=C(c2ccccc2)CC1. The molecule has 0 saturated heterocycles. The molecule has 0 atom stereocenters. The van der Waals surface area contributed by atoms with E-state index in [0.717, 1.165) is 6.42 Å². The highest BCUT2D eigenvalue weighted by molar-refractivity contribution is 6.32. The Morgan fingerprint density at radius 1 is 1.23 bits per heavy atom. The number of carbonyl (C=O) groups excluding carboxylic acids is 1. The molecular formula is C19H17ClN2O4. The van der Waals surface area contributed by atoms with Crippen LogP contribution in [0.25, 0.3) is 5.57 Å². The van der Waals surface area contributed by atoms with Crippen LogP contribution in [0, 0.1) is 10.1 Å². The van der Waals surface area contributed by atoms with Crippen LogP contribution in [0.5, 0.6) is 5.75 Å². The summed E-state index contributed by atoms with van der Waals surface area (Å²) in [6, 6.07) is 14.0. The molecule has 1 aliphatic rings. The van der Waals surface area contributed by atoms with Crippen LogP contribution >= 0.6 is 11.6 Å². The zero-order valence-electron chi connectivity index (χ0n) is 13.9. The molecule has 3 rings (SSSR count). The summed E-state index contributed by atoms with van der Waals surface area (Å²) >= 11 is 5.97. The van der Waals surface area contributed by atoms with Gasteiger partial charge in [0.2, 0.25) is 0 Å². The Morgan fingerprint density at radius 3 is 2.62 bits per heavy atom. The Bertz CT molecular complexity index is 852. The van der Waals surface area contributed by atoms with Gasteiger partial charge in [-0.15, -0.1) is 0 Å². The van der Waals surface area contributed by atoms with Gasteiger partial charge in [0.15, 0.2) is 6.61 Å². The maximum absolute atomic E-state index is 12.3. The number of hydrogen-bond acceptors (Lipinski definition) is 4. The van der Waals surface area contributed by atoms with Crippen LogP contribution in [0.4, 0.5) is 5.69 Å². The topological polar surface area (TPSA) is 72.7 Å². The molecule has 2 aromatic carbocycles. The molecule has 0 unspecified atom stereocenters. The van der Waals surface area contributed by atoms with Crippen molar-refractivity contribution >= 4 is 28.8 Å². The third kappa shape index (κ3) is 4.21. The van der Waals surface area contributed by atoms with E-state index in [2.05, 4.69) is 18.2 Å². The number of nitro benzene ring substituents is 1. The number of rotatable bonds is 5. The molecular weight excluding hydrogens is 356 g/mol. The lowest BCUT2D eigenvalue weighted by atomic mass is 10.00. The Labute approximate surface area is 155 Å². The van der Waals surface area contributed by atoms with Gasteiger partial charge >= 0.3 is 0 Å². The van der Waals surface area contributed by atoms with Gasteiger partial charge in [-0.05, 0) is 23.6 Å². The fourth-order valence-corrected chi connectivity index (χ4v) is 2.99. The van der Waals surface area contributed by atoms with Gasteiger partial charge < -0.3 is 9.64 Å². The Kier molecular flexibility index (Phi) is 5.53. The number of nitrogens with zero attached hydrogens (tertiary/aromatic N) is 2. The third-order valence-electron chi connectivity index (χ3n) is 4.18. The molecule has 26 heavy (non-hydrogen) atoms. The van der Waals surface area contributed by atoms with Crippen LogP contribution in [0.2, 0.25) is 5.02 Å². The van der Waals surface area contributed by atoms with Crippen molar-refractivity contribution in [2.45, 2.75) is 6.42 Å². The van der Waals surface area contributed by atoms with E-state index in [0.29, 0.717) is 13.1 Å². The molecule has 2 aromatic rings. The molecule has 1 heterocycles. The van der Waals surface area contributed by atoms with E-state index in [9.17, 15) is 14.9 Å². The first-order valence-corrected chi connectivity index (χ1v) is 8.51. The van der Waals surface area contributed by atoms with Gasteiger partial charge in [0.25, 0.3) is 11.6 Å². The van der Waals surface area contributed by atoms with E-state index in [4.69, 9.17) is 16.3 Å². The molecule has 0 saturated carbocycles. The summed E-state index contributed by atoms with van der Waals surface area (Å²) in [5.41, 5.74) is 2.28.